The van der Waals surface area contributed by atoms with Crippen molar-refractivity contribution < 1.29 is 45.5 Å². The first kappa shape index (κ1) is 9.30. The van der Waals surface area contributed by atoms with E-state index in [-0.39, 0.29) is 46.5 Å². The average Bonchev–Trinajstić information content (AvgIpc) is 1.69. The van der Waals surface area contributed by atoms with Crippen LogP contribution in [0.15, 0.2) is 0 Å². The van der Waals surface area contributed by atoms with E-state index in [1.165, 1.54) is 0 Å². The summed E-state index contributed by atoms with van der Waals surface area (Å²) in [7, 11) is 0. The third kappa shape index (κ3) is 3.35. The van der Waals surface area contributed by atoms with Gasteiger partial charge in [-0.15, -0.1) is 0 Å². The number of aliphatic hydroxyl groups excluding tert-OH is 1. The summed E-state index contributed by atoms with van der Waals surface area (Å²) in [6.07, 6.45) is 6.44. The minimum Gasteiger partial charge on any atom is -0.393 e. The molecule has 1 saturated carbocycles. The van der Waals surface area contributed by atoms with Crippen LogP contribution in [0.5, 0.6) is 0 Å². The Morgan fingerprint density at radius 3 is 2.00 bits per heavy atom. The van der Waals surface area contributed by atoms with E-state index in [1.807, 2.05) is 0 Å². The molecule has 0 unspecified atom stereocenters. The molecular weight excluding hydrogens is 238 g/mol. The Balaban J connectivity index is 0.000000490. The first-order valence-electron chi connectivity index (χ1n) is 2.89. The van der Waals surface area contributed by atoms with Crippen molar-refractivity contribution in [1.29, 1.82) is 0 Å². The largest absolute Gasteiger partial charge is 0.393 e. The monoisotopic (exact) mass is 251 g/mol. The zero-order valence-electron chi connectivity index (χ0n) is 4.84. The average molecular weight is 250 g/mol. The molecule has 0 spiro atoms. The summed E-state index contributed by atoms with van der Waals surface area (Å²) in [4.78, 5) is 0. The Morgan fingerprint density at radius 1 is 1.25 bits per heavy atom. The van der Waals surface area contributed by atoms with Gasteiger partial charge in [0.15, 0.2) is 0 Å². The summed E-state index contributed by atoms with van der Waals surface area (Å²) in [6.45, 7) is 0. The summed E-state index contributed by atoms with van der Waals surface area (Å²) >= 11 is 0. The van der Waals surface area contributed by atoms with E-state index in [0.717, 1.165) is 25.7 Å². The van der Waals surface area contributed by atoms with Crippen LogP contribution in [0.1, 0.15) is 25.7 Å². The van der Waals surface area contributed by atoms with E-state index in [1.54, 1.807) is 0 Å². The number of aliphatic hydroxyl groups is 1. The summed E-state index contributed by atoms with van der Waals surface area (Å²) in [5.41, 5.74) is 0. The van der Waals surface area contributed by atoms with E-state index < -0.39 is 0 Å². The predicted octanol–water partition coefficient (Wildman–Crippen LogP) is 1.13. The molecule has 0 aromatic carbocycles. The van der Waals surface area contributed by atoms with Crippen LogP contribution < -0.4 is 0 Å². The molecule has 1 rings (SSSR count). The Kier molecular flexibility index (Phi) is 5.94. The summed E-state index contributed by atoms with van der Waals surface area (Å²) in [6, 6.07) is 0. The molecule has 1 nitrogen and oxygen atoms in total. The molecule has 0 aliphatic heterocycles. The second-order valence-corrected chi connectivity index (χ2v) is 2.10. The maximum atomic E-state index is 8.89. The van der Waals surface area contributed by atoms with Gasteiger partial charge < -0.3 is 11.5 Å². The molecule has 0 aromatic rings. The molecule has 1 aliphatic rings. The number of hydrogen-bond acceptors (Lipinski definition) is 1. The Bertz CT molecular complexity index is 50.5. The summed E-state index contributed by atoms with van der Waals surface area (Å²) in [5, 5.41) is 8.89. The Labute approximate surface area is 83.0 Å². The van der Waals surface area contributed by atoms with Crippen LogP contribution in [0.25, 0.3) is 0 Å². The zero-order chi connectivity index (χ0) is 5.11. The second kappa shape index (κ2) is 5.11. The smallest absolute Gasteiger partial charge is 0.0491 e. The van der Waals surface area contributed by atoms with Gasteiger partial charge in [0.1, 0.15) is 0 Å². The Hall–Kier alpha value is 1.30. The van der Waals surface area contributed by atoms with Crippen LogP contribution >= 0.6 is 0 Å². The van der Waals surface area contributed by atoms with Crippen molar-refractivity contribution in [2.24, 2.45) is 0 Å². The van der Waals surface area contributed by atoms with Crippen molar-refractivity contribution in [1.82, 2.24) is 0 Å². The van der Waals surface area contributed by atoms with Crippen LogP contribution in [0.4, 0.5) is 0 Å². The first-order valence-corrected chi connectivity index (χ1v) is 2.89. The van der Waals surface area contributed by atoms with Crippen molar-refractivity contribution in [2.75, 3.05) is 0 Å². The van der Waals surface area contributed by atoms with E-state index in [4.69, 9.17) is 5.11 Å². The third-order valence-corrected chi connectivity index (χ3v) is 1.41. The minimum absolute atomic E-state index is 0. The Morgan fingerprint density at radius 2 is 1.75 bits per heavy atom. The summed E-state index contributed by atoms with van der Waals surface area (Å²) < 4.78 is 0. The van der Waals surface area contributed by atoms with Crippen LogP contribution in [-0.4, -0.2) is 11.2 Å². The molecule has 8 heavy (non-hydrogen) atoms. The fourth-order valence-electron chi connectivity index (χ4n) is 0.909. The van der Waals surface area contributed by atoms with E-state index in [2.05, 4.69) is 6.42 Å². The molecule has 48 valence electrons. The van der Waals surface area contributed by atoms with Gasteiger partial charge in [0.2, 0.25) is 0 Å². The van der Waals surface area contributed by atoms with E-state index in [0.29, 0.717) is 0 Å². The maximum absolute atomic E-state index is 8.89. The van der Waals surface area contributed by atoms with Gasteiger partial charge in [0.25, 0.3) is 0 Å². The predicted molar refractivity (Wildman–Crippen MR) is 28.8 cm³/mol. The molecule has 1 N–H and O–H groups in total. The van der Waals surface area contributed by atoms with Crippen molar-refractivity contribution in [3.8, 4) is 0 Å². The molecule has 0 radical (unpaired) electrons. The van der Waals surface area contributed by atoms with Gasteiger partial charge in [-0.1, -0.05) is 12.8 Å². The van der Waals surface area contributed by atoms with Crippen LogP contribution in [0.2, 0.25) is 0 Å². The molecule has 0 saturated heterocycles. The van der Waals surface area contributed by atoms with Crippen molar-refractivity contribution >= 4 is 0 Å². The molecule has 1 fully saturated rings. The SMILES string of the molecule is OC1CC[CH-]CC1.[Sm]. The molecule has 2 heteroatoms. The molecule has 0 atom stereocenters. The molecule has 1 aliphatic carbocycles. The fraction of sp³-hybridized carbons (Fsp3) is 0.833. The number of rotatable bonds is 0. The van der Waals surface area contributed by atoms with E-state index in [9.17, 15) is 0 Å². The molecule has 0 bridgehead atoms. The molecule has 0 heterocycles. The van der Waals surface area contributed by atoms with Crippen LogP contribution in [0.3, 0.4) is 0 Å². The second-order valence-electron chi connectivity index (χ2n) is 2.10. The van der Waals surface area contributed by atoms with Gasteiger partial charge in [-0.3, -0.25) is 0 Å². The molecule has 0 amide bonds. The summed E-state index contributed by atoms with van der Waals surface area (Å²) in [5.74, 6) is 0. The van der Waals surface area contributed by atoms with Gasteiger partial charge in [0.05, 0.1) is 0 Å². The third-order valence-electron chi connectivity index (χ3n) is 1.41. The fourth-order valence-corrected chi connectivity index (χ4v) is 0.909. The zero-order valence-corrected chi connectivity index (χ0v) is 7.46. The normalized spacial score (nSPS) is 22.1. The van der Waals surface area contributed by atoms with Crippen molar-refractivity contribution in [3.63, 3.8) is 0 Å². The number of hydrogen-bond donors (Lipinski definition) is 1. The molecular formula is C6H11OSm-. The maximum Gasteiger partial charge on any atom is 0.0491 e. The van der Waals surface area contributed by atoms with Gasteiger partial charge >= 0.3 is 0 Å². The van der Waals surface area contributed by atoms with E-state index >= 15 is 0 Å². The van der Waals surface area contributed by atoms with Crippen molar-refractivity contribution in [2.45, 2.75) is 31.8 Å². The van der Waals surface area contributed by atoms with Gasteiger partial charge in [-0.25, -0.2) is 0 Å². The van der Waals surface area contributed by atoms with Gasteiger partial charge in [0, 0.05) is 46.5 Å². The van der Waals surface area contributed by atoms with Crippen molar-refractivity contribution in [3.05, 3.63) is 6.42 Å². The topological polar surface area (TPSA) is 20.2 Å². The van der Waals surface area contributed by atoms with Crippen LogP contribution in [0, 0.1) is 46.8 Å². The van der Waals surface area contributed by atoms with Crippen LogP contribution in [-0.2, 0) is 0 Å². The van der Waals surface area contributed by atoms with Gasteiger partial charge in [-0.05, 0) is 0 Å². The standard InChI is InChI=1S/C6H11O.Sm/c7-6-4-2-1-3-5-6;/h1,6-7H,2-5H2;/q-1;. The van der Waals surface area contributed by atoms with Gasteiger partial charge in [-0.2, -0.15) is 12.8 Å². The quantitative estimate of drug-likeness (QED) is 0.638. The molecule has 0 aromatic heterocycles. The minimum atomic E-state index is 0. The first-order chi connectivity index (χ1) is 3.39.